The van der Waals surface area contributed by atoms with Crippen LogP contribution in [0.3, 0.4) is 0 Å². The van der Waals surface area contributed by atoms with Crippen molar-refractivity contribution in [1.29, 1.82) is 0 Å². The summed E-state index contributed by atoms with van der Waals surface area (Å²) in [6, 6.07) is 9.40. The quantitative estimate of drug-likeness (QED) is 0.749. The molecule has 9 nitrogen and oxygen atoms in total. The molecule has 1 aliphatic rings. The zero-order valence-electron chi connectivity index (χ0n) is 17.8. The van der Waals surface area contributed by atoms with Crippen LogP contribution >= 0.6 is 0 Å². The van der Waals surface area contributed by atoms with E-state index < -0.39 is 10.0 Å². The maximum absolute atomic E-state index is 12.7. The number of urea groups is 1. The normalized spacial score (nSPS) is 15.4. The first-order chi connectivity index (χ1) is 14.6. The zero-order valence-corrected chi connectivity index (χ0v) is 18.6. The van der Waals surface area contributed by atoms with Gasteiger partial charge in [-0.3, -0.25) is 9.78 Å². The second-order valence-corrected chi connectivity index (χ2v) is 10.2. The zero-order chi connectivity index (χ0) is 22.6. The van der Waals surface area contributed by atoms with Gasteiger partial charge in [-0.25, -0.2) is 13.2 Å². The molecule has 0 radical (unpaired) electrons. The van der Waals surface area contributed by atoms with Crippen LogP contribution < -0.4 is 10.6 Å². The van der Waals surface area contributed by atoms with E-state index in [1.54, 1.807) is 35.2 Å². The van der Waals surface area contributed by atoms with E-state index in [0.29, 0.717) is 11.3 Å². The molecule has 2 N–H and O–H groups in total. The van der Waals surface area contributed by atoms with Crippen molar-refractivity contribution in [2.45, 2.75) is 31.2 Å². The van der Waals surface area contributed by atoms with Crippen molar-refractivity contribution < 1.29 is 18.0 Å². The molecular weight excluding hydrogens is 418 g/mol. The van der Waals surface area contributed by atoms with Crippen molar-refractivity contribution in [3.05, 3.63) is 54.4 Å². The number of rotatable bonds is 4. The number of carbonyl (C=O) groups excluding carboxylic acids is 2. The molecule has 1 saturated heterocycles. The third-order valence-corrected chi connectivity index (χ3v) is 6.57. The maximum atomic E-state index is 12.7. The van der Waals surface area contributed by atoms with Crippen molar-refractivity contribution in [3.63, 3.8) is 0 Å². The van der Waals surface area contributed by atoms with Gasteiger partial charge in [0.15, 0.2) is 0 Å². The van der Waals surface area contributed by atoms with Crippen molar-refractivity contribution in [1.82, 2.24) is 19.5 Å². The summed E-state index contributed by atoms with van der Waals surface area (Å²) in [6.07, 6.45) is 2.84. The number of sulfonamides is 1. The number of piperazine rings is 1. The number of anilines is 1. The summed E-state index contributed by atoms with van der Waals surface area (Å²) in [7, 11) is -3.62. The van der Waals surface area contributed by atoms with Gasteiger partial charge in [0.25, 0.3) is 5.91 Å². The van der Waals surface area contributed by atoms with Crippen molar-refractivity contribution in [3.8, 4) is 0 Å². The van der Waals surface area contributed by atoms with Crippen LogP contribution in [-0.4, -0.2) is 66.3 Å². The summed E-state index contributed by atoms with van der Waals surface area (Å²) in [5, 5.41) is 5.67. The Morgan fingerprint density at radius 3 is 2.19 bits per heavy atom. The van der Waals surface area contributed by atoms with Gasteiger partial charge in [-0.1, -0.05) is 0 Å². The number of hydrogen-bond acceptors (Lipinski definition) is 5. The summed E-state index contributed by atoms with van der Waals surface area (Å²) in [4.78, 5) is 30.3. The van der Waals surface area contributed by atoms with Crippen LogP contribution in [0.5, 0.6) is 0 Å². The second-order valence-electron chi connectivity index (χ2n) is 8.29. The van der Waals surface area contributed by atoms with Gasteiger partial charge in [-0.15, -0.1) is 0 Å². The van der Waals surface area contributed by atoms with Crippen LogP contribution in [0.2, 0.25) is 0 Å². The van der Waals surface area contributed by atoms with Crippen LogP contribution in [0.25, 0.3) is 0 Å². The fourth-order valence-corrected chi connectivity index (χ4v) is 4.49. The number of nitrogens with zero attached hydrogens (tertiary/aromatic N) is 3. The monoisotopic (exact) mass is 445 g/mol. The second kappa shape index (κ2) is 9.03. The van der Waals surface area contributed by atoms with Gasteiger partial charge in [0, 0.05) is 55.4 Å². The largest absolute Gasteiger partial charge is 0.347 e. The predicted molar refractivity (Wildman–Crippen MR) is 117 cm³/mol. The molecule has 2 heterocycles. The molecule has 0 unspecified atom stereocenters. The minimum absolute atomic E-state index is 0.142. The number of pyridine rings is 1. The van der Waals surface area contributed by atoms with E-state index in [0.717, 1.165) is 0 Å². The summed E-state index contributed by atoms with van der Waals surface area (Å²) in [5.74, 6) is -0.184. The van der Waals surface area contributed by atoms with E-state index in [9.17, 15) is 18.0 Å². The highest BCUT2D eigenvalue weighted by Crippen LogP contribution is 2.17. The molecule has 0 atom stereocenters. The van der Waals surface area contributed by atoms with E-state index >= 15 is 0 Å². The molecule has 1 aromatic carbocycles. The van der Waals surface area contributed by atoms with Crippen molar-refractivity contribution in [2.24, 2.45) is 0 Å². The average molecular weight is 446 g/mol. The molecule has 2 aromatic rings. The minimum Gasteiger partial charge on any atom is -0.347 e. The number of carbonyl (C=O) groups is 2. The van der Waals surface area contributed by atoms with Gasteiger partial charge in [0.1, 0.15) is 4.90 Å². The molecule has 10 heteroatoms. The number of nitrogens with one attached hydrogen (secondary N) is 2. The molecule has 3 rings (SSSR count). The van der Waals surface area contributed by atoms with Gasteiger partial charge >= 0.3 is 6.03 Å². The van der Waals surface area contributed by atoms with Gasteiger partial charge in [-0.05, 0) is 57.2 Å². The first-order valence-electron chi connectivity index (χ1n) is 9.95. The molecule has 0 spiro atoms. The molecule has 0 bridgehead atoms. The van der Waals surface area contributed by atoms with E-state index in [4.69, 9.17) is 0 Å². The fourth-order valence-electron chi connectivity index (χ4n) is 3.10. The summed E-state index contributed by atoms with van der Waals surface area (Å²) in [5.41, 5.74) is 0.723. The van der Waals surface area contributed by atoms with Crippen LogP contribution in [-0.2, 0) is 10.0 Å². The third kappa shape index (κ3) is 5.80. The Balaban J connectivity index is 1.55. The number of hydrogen-bond donors (Lipinski definition) is 2. The molecule has 31 heavy (non-hydrogen) atoms. The lowest BCUT2D eigenvalue weighted by Crippen LogP contribution is -2.51. The van der Waals surface area contributed by atoms with Gasteiger partial charge in [0.05, 0.1) is 0 Å². The van der Waals surface area contributed by atoms with E-state index in [2.05, 4.69) is 15.6 Å². The topological polar surface area (TPSA) is 112 Å². The highest BCUT2D eigenvalue weighted by atomic mass is 32.2. The molecule has 1 fully saturated rings. The number of amides is 3. The Morgan fingerprint density at radius 2 is 1.65 bits per heavy atom. The fraction of sp³-hybridized carbons (Fsp3) is 0.381. The van der Waals surface area contributed by atoms with Crippen molar-refractivity contribution >= 4 is 27.6 Å². The van der Waals surface area contributed by atoms with E-state index in [-0.39, 0.29) is 48.6 Å². The Bertz CT molecular complexity index is 1030. The van der Waals surface area contributed by atoms with Crippen LogP contribution in [0.1, 0.15) is 31.1 Å². The van der Waals surface area contributed by atoms with Crippen LogP contribution in [0.4, 0.5) is 10.5 Å². The lowest BCUT2D eigenvalue weighted by atomic mass is 10.1. The van der Waals surface area contributed by atoms with Crippen molar-refractivity contribution in [2.75, 3.05) is 31.5 Å². The standard InChI is InChI=1S/C21H27N5O4S/c1-21(2,3)24-19(27)16-6-8-17(9-7-16)23-20(28)25-11-13-26(14-12-25)31(29,30)18-5-4-10-22-15-18/h4-10,15H,11-14H2,1-3H3,(H,23,28)(H,24,27). The Labute approximate surface area is 182 Å². The molecule has 0 aliphatic carbocycles. The molecule has 1 aliphatic heterocycles. The Morgan fingerprint density at radius 1 is 1.00 bits per heavy atom. The highest BCUT2D eigenvalue weighted by Gasteiger charge is 2.30. The Kier molecular flexibility index (Phi) is 6.61. The lowest BCUT2D eigenvalue weighted by molar-refractivity contribution is 0.0919. The molecule has 3 amide bonds. The van der Waals surface area contributed by atoms with Gasteiger partial charge in [0.2, 0.25) is 10.0 Å². The first-order valence-corrected chi connectivity index (χ1v) is 11.4. The summed E-state index contributed by atoms with van der Waals surface area (Å²) in [6.45, 7) is 6.67. The van der Waals surface area contributed by atoms with Crippen LogP contribution in [0, 0.1) is 0 Å². The smallest absolute Gasteiger partial charge is 0.321 e. The highest BCUT2D eigenvalue weighted by molar-refractivity contribution is 7.89. The minimum atomic E-state index is -3.62. The molecule has 166 valence electrons. The van der Waals surface area contributed by atoms with E-state index in [1.165, 1.54) is 22.8 Å². The Hall–Kier alpha value is -2.98. The first kappa shape index (κ1) is 22.7. The molecular formula is C21H27N5O4S. The van der Waals surface area contributed by atoms with Gasteiger partial charge < -0.3 is 15.5 Å². The number of aromatic nitrogens is 1. The van der Waals surface area contributed by atoms with Crippen LogP contribution in [0.15, 0.2) is 53.7 Å². The predicted octanol–water partition coefficient (Wildman–Crippen LogP) is 2.15. The van der Waals surface area contributed by atoms with Gasteiger partial charge in [-0.2, -0.15) is 4.31 Å². The SMILES string of the molecule is CC(C)(C)NC(=O)c1ccc(NC(=O)N2CCN(S(=O)(=O)c3cccnc3)CC2)cc1. The molecule has 0 saturated carbocycles. The third-order valence-electron chi connectivity index (χ3n) is 4.68. The molecule has 1 aromatic heterocycles. The summed E-state index contributed by atoms with van der Waals surface area (Å²) < 4.78 is 26.7. The number of benzene rings is 1. The summed E-state index contributed by atoms with van der Waals surface area (Å²) >= 11 is 0. The van der Waals surface area contributed by atoms with E-state index in [1.807, 2.05) is 20.8 Å². The average Bonchev–Trinajstić information content (AvgIpc) is 2.73. The lowest BCUT2D eigenvalue weighted by Gasteiger charge is -2.33. The maximum Gasteiger partial charge on any atom is 0.321 e.